The van der Waals surface area contributed by atoms with Crippen LogP contribution in [0.25, 0.3) is 10.1 Å². The fourth-order valence-electron chi connectivity index (χ4n) is 2.23. The number of hydrogen-bond donors (Lipinski definition) is 1. The van der Waals surface area contributed by atoms with Gasteiger partial charge in [0.1, 0.15) is 4.90 Å². The Labute approximate surface area is 133 Å². The third kappa shape index (κ3) is 2.85. The predicted molar refractivity (Wildman–Crippen MR) is 88.8 cm³/mol. The lowest BCUT2D eigenvalue weighted by molar-refractivity contribution is 0.416. The zero-order chi connectivity index (χ0) is 15.6. The van der Waals surface area contributed by atoms with Gasteiger partial charge in [-0.25, -0.2) is 13.1 Å². The molecule has 0 aliphatic carbocycles. The van der Waals surface area contributed by atoms with Gasteiger partial charge in [0.25, 0.3) is 0 Å². The molecule has 2 aromatic carbocycles. The van der Waals surface area contributed by atoms with Crippen LogP contribution in [0.15, 0.2) is 59.5 Å². The van der Waals surface area contributed by atoms with Gasteiger partial charge >= 0.3 is 0 Å². The summed E-state index contributed by atoms with van der Waals surface area (Å²) in [6.07, 6.45) is 0. The van der Waals surface area contributed by atoms with Crippen LogP contribution in [0.5, 0.6) is 5.06 Å². The standard InChI is InChI=1S/C16H15NO3S2/c1-20-16-15(13-9-5-6-10-14(13)21-16)22(18,19)17-11-12-7-3-2-4-8-12/h2-10,17H,11H2,1H3. The number of rotatable bonds is 5. The molecule has 0 saturated heterocycles. The summed E-state index contributed by atoms with van der Waals surface area (Å²) in [6, 6.07) is 16.8. The Hall–Kier alpha value is -1.89. The molecule has 6 heteroatoms. The number of sulfonamides is 1. The Kier molecular flexibility index (Phi) is 4.15. The molecule has 3 aromatic rings. The molecule has 0 atom stereocenters. The average molecular weight is 333 g/mol. The summed E-state index contributed by atoms with van der Waals surface area (Å²) >= 11 is 1.33. The molecule has 0 radical (unpaired) electrons. The van der Waals surface area contributed by atoms with Gasteiger partial charge in [-0.2, -0.15) is 0 Å². The number of methoxy groups -OCH3 is 1. The van der Waals surface area contributed by atoms with Crippen LogP contribution in [0.4, 0.5) is 0 Å². The Balaban J connectivity index is 1.98. The zero-order valence-electron chi connectivity index (χ0n) is 11.9. The van der Waals surface area contributed by atoms with E-state index in [1.54, 1.807) is 6.07 Å². The highest BCUT2D eigenvalue weighted by Crippen LogP contribution is 2.40. The molecule has 4 nitrogen and oxygen atoms in total. The van der Waals surface area contributed by atoms with Crippen LogP contribution in [0.3, 0.4) is 0 Å². The number of nitrogens with one attached hydrogen (secondary N) is 1. The van der Waals surface area contributed by atoms with E-state index in [0.29, 0.717) is 10.4 Å². The van der Waals surface area contributed by atoms with Crippen molar-refractivity contribution in [1.29, 1.82) is 0 Å². The van der Waals surface area contributed by atoms with Crippen molar-refractivity contribution in [3.63, 3.8) is 0 Å². The minimum absolute atomic E-state index is 0.214. The highest BCUT2D eigenvalue weighted by Gasteiger charge is 2.25. The van der Waals surface area contributed by atoms with E-state index in [-0.39, 0.29) is 11.4 Å². The average Bonchev–Trinajstić information content (AvgIpc) is 2.93. The van der Waals surface area contributed by atoms with Crippen LogP contribution in [0, 0.1) is 0 Å². The van der Waals surface area contributed by atoms with E-state index in [2.05, 4.69) is 4.72 Å². The number of thiophene rings is 1. The van der Waals surface area contributed by atoms with Crippen molar-refractivity contribution in [2.24, 2.45) is 0 Å². The lowest BCUT2D eigenvalue weighted by atomic mass is 10.2. The number of benzene rings is 2. The number of hydrogen-bond acceptors (Lipinski definition) is 4. The summed E-state index contributed by atoms with van der Waals surface area (Å²) in [5.41, 5.74) is 0.907. The van der Waals surface area contributed by atoms with Crippen LogP contribution in [0.1, 0.15) is 5.56 Å². The van der Waals surface area contributed by atoms with Crippen molar-refractivity contribution in [1.82, 2.24) is 4.72 Å². The van der Waals surface area contributed by atoms with Crippen molar-refractivity contribution >= 4 is 31.4 Å². The van der Waals surface area contributed by atoms with E-state index in [1.165, 1.54) is 18.4 Å². The van der Waals surface area contributed by atoms with E-state index in [0.717, 1.165) is 10.3 Å². The second kappa shape index (κ2) is 6.08. The minimum atomic E-state index is -3.65. The fraction of sp³-hybridized carbons (Fsp3) is 0.125. The Bertz CT molecular complexity index is 886. The molecule has 0 fully saturated rings. The molecule has 0 saturated carbocycles. The molecule has 0 aliphatic heterocycles. The highest BCUT2D eigenvalue weighted by atomic mass is 32.2. The van der Waals surface area contributed by atoms with Gasteiger partial charge in [-0.3, -0.25) is 0 Å². The maximum atomic E-state index is 12.7. The molecule has 3 rings (SSSR count). The zero-order valence-corrected chi connectivity index (χ0v) is 13.6. The van der Waals surface area contributed by atoms with Gasteiger partial charge in [-0.15, -0.1) is 0 Å². The Morgan fingerprint density at radius 1 is 1.05 bits per heavy atom. The second-order valence-electron chi connectivity index (χ2n) is 4.73. The van der Waals surface area contributed by atoms with Crippen molar-refractivity contribution in [2.45, 2.75) is 11.4 Å². The number of fused-ring (bicyclic) bond motifs is 1. The van der Waals surface area contributed by atoms with Crippen LogP contribution >= 0.6 is 11.3 Å². The minimum Gasteiger partial charge on any atom is -0.486 e. The quantitative estimate of drug-likeness (QED) is 0.779. The van der Waals surface area contributed by atoms with Gasteiger partial charge in [0.15, 0.2) is 5.06 Å². The molecule has 22 heavy (non-hydrogen) atoms. The summed E-state index contributed by atoms with van der Waals surface area (Å²) in [4.78, 5) is 0.214. The molecule has 0 spiro atoms. The van der Waals surface area contributed by atoms with Crippen molar-refractivity contribution in [3.8, 4) is 5.06 Å². The monoisotopic (exact) mass is 333 g/mol. The number of ether oxygens (including phenoxy) is 1. The van der Waals surface area contributed by atoms with Gasteiger partial charge in [-0.1, -0.05) is 59.9 Å². The van der Waals surface area contributed by atoms with E-state index < -0.39 is 10.0 Å². The SMILES string of the molecule is COc1sc2ccccc2c1S(=O)(=O)NCc1ccccc1. The molecule has 0 amide bonds. The summed E-state index contributed by atoms with van der Waals surface area (Å²) in [6.45, 7) is 0.247. The van der Waals surface area contributed by atoms with E-state index in [1.807, 2.05) is 48.5 Å². The van der Waals surface area contributed by atoms with Gasteiger partial charge in [0.05, 0.1) is 7.11 Å². The fourth-order valence-corrected chi connectivity index (χ4v) is 4.94. The van der Waals surface area contributed by atoms with Crippen LogP contribution in [-0.2, 0) is 16.6 Å². The summed E-state index contributed by atoms with van der Waals surface area (Å²) in [5, 5.41) is 1.09. The first kappa shape index (κ1) is 15.0. The Morgan fingerprint density at radius 3 is 2.45 bits per heavy atom. The molecular weight excluding hydrogens is 318 g/mol. The molecule has 1 aromatic heterocycles. The molecular formula is C16H15NO3S2. The first-order chi connectivity index (χ1) is 10.6. The molecule has 0 unspecified atom stereocenters. The van der Waals surface area contributed by atoms with Crippen molar-refractivity contribution in [2.75, 3.05) is 7.11 Å². The van der Waals surface area contributed by atoms with Gasteiger partial charge in [0.2, 0.25) is 10.0 Å². The first-order valence-corrected chi connectivity index (χ1v) is 9.01. The molecule has 114 valence electrons. The van der Waals surface area contributed by atoms with E-state index in [9.17, 15) is 8.42 Å². The molecule has 0 bridgehead atoms. The third-order valence-corrected chi connectivity index (χ3v) is 6.01. The second-order valence-corrected chi connectivity index (χ2v) is 7.45. The van der Waals surface area contributed by atoms with E-state index >= 15 is 0 Å². The topological polar surface area (TPSA) is 55.4 Å². The highest BCUT2D eigenvalue weighted by molar-refractivity contribution is 7.90. The maximum absolute atomic E-state index is 12.7. The van der Waals surface area contributed by atoms with Gasteiger partial charge in [-0.05, 0) is 11.6 Å². The molecule has 0 aliphatic rings. The van der Waals surface area contributed by atoms with Crippen LogP contribution < -0.4 is 9.46 Å². The largest absolute Gasteiger partial charge is 0.486 e. The first-order valence-electron chi connectivity index (χ1n) is 6.71. The third-order valence-electron chi connectivity index (χ3n) is 3.28. The van der Waals surface area contributed by atoms with Crippen LogP contribution in [-0.4, -0.2) is 15.5 Å². The normalized spacial score (nSPS) is 11.7. The summed E-state index contributed by atoms with van der Waals surface area (Å²) < 4.78 is 34.2. The summed E-state index contributed by atoms with van der Waals surface area (Å²) in [5.74, 6) is 0. The van der Waals surface area contributed by atoms with Crippen molar-refractivity contribution in [3.05, 3.63) is 60.2 Å². The van der Waals surface area contributed by atoms with Crippen molar-refractivity contribution < 1.29 is 13.2 Å². The van der Waals surface area contributed by atoms with E-state index in [4.69, 9.17) is 4.74 Å². The Morgan fingerprint density at radius 2 is 1.73 bits per heavy atom. The van der Waals surface area contributed by atoms with Gasteiger partial charge < -0.3 is 4.74 Å². The smallest absolute Gasteiger partial charge is 0.246 e. The lowest BCUT2D eigenvalue weighted by Gasteiger charge is -2.08. The molecule has 1 heterocycles. The maximum Gasteiger partial charge on any atom is 0.246 e. The van der Waals surface area contributed by atoms with Crippen LogP contribution in [0.2, 0.25) is 0 Å². The predicted octanol–water partition coefficient (Wildman–Crippen LogP) is 3.39. The molecule has 1 N–H and O–H groups in total. The van der Waals surface area contributed by atoms with Gasteiger partial charge in [0, 0.05) is 16.6 Å². The summed E-state index contributed by atoms with van der Waals surface area (Å²) in [7, 11) is -2.16. The lowest BCUT2D eigenvalue weighted by Crippen LogP contribution is -2.23.